The van der Waals surface area contributed by atoms with E-state index >= 15 is 0 Å². The first-order chi connectivity index (χ1) is 16.5. The van der Waals surface area contributed by atoms with Crippen molar-refractivity contribution < 1.29 is 4.79 Å². The van der Waals surface area contributed by atoms with Crippen molar-refractivity contribution in [3.8, 4) is 5.69 Å². The summed E-state index contributed by atoms with van der Waals surface area (Å²) in [7, 11) is 0. The Morgan fingerprint density at radius 3 is 2.65 bits per heavy atom. The molecule has 1 atom stereocenters. The molecule has 0 bridgehead atoms. The van der Waals surface area contributed by atoms with E-state index in [4.69, 9.17) is 0 Å². The Morgan fingerprint density at radius 2 is 1.88 bits per heavy atom. The number of benzene rings is 1. The number of aromatic nitrogens is 3. The molecule has 4 rings (SSSR count). The molecule has 0 radical (unpaired) electrons. The molecule has 0 saturated carbocycles. The van der Waals surface area contributed by atoms with Gasteiger partial charge in [-0.25, -0.2) is 0 Å². The number of nitrogens with one attached hydrogen (secondary N) is 1. The third kappa shape index (κ3) is 5.25. The van der Waals surface area contributed by atoms with Crippen LogP contribution in [0.25, 0.3) is 16.5 Å². The summed E-state index contributed by atoms with van der Waals surface area (Å²) in [5.74, 6) is 0.104. The normalized spacial score (nSPS) is 16.7. The van der Waals surface area contributed by atoms with Gasteiger partial charge in [0.05, 0.1) is 17.3 Å². The Kier molecular flexibility index (Phi) is 7.83. The van der Waals surface area contributed by atoms with Crippen LogP contribution in [0.5, 0.6) is 0 Å². The fraction of sp³-hybridized carbons (Fsp3) is 0.519. The number of fused-ring (bicyclic) bond motifs is 1. The van der Waals surface area contributed by atoms with Crippen LogP contribution in [0.15, 0.2) is 41.3 Å². The summed E-state index contributed by atoms with van der Waals surface area (Å²) in [6.45, 7) is 9.99. The highest BCUT2D eigenvalue weighted by Crippen LogP contribution is 2.23. The van der Waals surface area contributed by atoms with Gasteiger partial charge in [-0.2, -0.15) is 9.78 Å². The van der Waals surface area contributed by atoms with E-state index < -0.39 is 0 Å². The number of likely N-dealkylation sites (tertiary alicyclic amines) is 1. The predicted octanol–water partition coefficient (Wildman–Crippen LogP) is 3.96. The average Bonchev–Trinajstić information content (AvgIpc) is 3.09. The van der Waals surface area contributed by atoms with Crippen LogP contribution in [0, 0.1) is 13.8 Å². The highest BCUT2D eigenvalue weighted by molar-refractivity contribution is 5.87. The fourth-order valence-corrected chi connectivity index (χ4v) is 5.18. The highest BCUT2D eigenvalue weighted by atomic mass is 16.1. The maximum absolute atomic E-state index is 13.2. The van der Waals surface area contributed by atoms with Crippen molar-refractivity contribution in [3.05, 3.63) is 58.3 Å². The Labute approximate surface area is 201 Å². The third-order valence-corrected chi connectivity index (χ3v) is 7.21. The number of aryl methyl sites for hydroxylation is 2. The van der Waals surface area contributed by atoms with Crippen LogP contribution >= 0.6 is 0 Å². The zero-order valence-electron chi connectivity index (χ0n) is 20.7. The molecule has 34 heavy (non-hydrogen) atoms. The van der Waals surface area contributed by atoms with Gasteiger partial charge in [0.1, 0.15) is 0 Å². The first-order valence-corrected chi connectivity index (χ1v) is 12.6. The number of amides is 1. The highest BCUT2D eigenvalue weighted by Gasteiger charge is 2.18. The molecule has 2 aromatic heterocycles. The zero-order valence-corrected chi connectivity index (χ0v) is 20.7. The zero-order chi connectivity index (χ0) is 24.1. The van der Waals surface area contributed by atoms with Crippen molar-refractivity contribution in [3.63, 3.8) is 0 Å². The minimum atomic E-state index is -0.108. The van der Waals surface area contributed by atoms with Crippen molar-refractivity contribution in [2.75, 3.05) is 19.6 Å². The maximum atomic E-state index is 13.2. The summed E-state index contributed by atoms with van der Waals surface area (Å²) in [5, 5.41) is 9.06. The summed E-state index contributed by atoms with van der Waals surface area (Å²) >= 11 is 0. The first kappa shape index (κ1) is 24.2. The molecule has 0 spiro atoms. The third-order valence-electron chi connectivity index (χ3n) is 7.21. The van der Waals surface area contributed by atoms with Gasteiger partial charge in [0, 0.05) is 48.9 Å². The lowest BCUT2D eigenvalue weighted by atomic mass is 10.0. The number of carbonyl (C=O) groups is 1. The average molecular weight is 464 g/mol. The van der Waals surface area contributed by atoms with Crippen LogP contribution in [0.1, 0.15) is 56.8 Å². The second kappa shape index (κ2) is 11.0. The molecule has 1 aliphatic heterocycles. The lowest BCUT2D eigenvalue weighted by Gasteiger charge is -2.33. The van der Waals surface area contributed by atoms with E-state index in [1.807, 2.05) is 44.2 Å². The molecule has 182 valence electrons. The van der Waals surface area contributed by atoms with Gasteiger partial charge in [0.15, 0.2) is 0 Å². The summed E-state index contributed by atoms with van der Waals surface area (Å²) in [6, 6.07) is 10.1. The second-order valence-corrected chi connectivity index (χ2v) is 9.50. The summed E-state index contributed by atoms with van der Waals surface area (Å²) in [4.78, 5) is 28.1. The second-order valence-electron chi connectivity index (χ2n) is 9.50. The van der Waals surface area contributed by atoms with Crippen LogP contribution < -0.4 is 10.9 Å². The topological polar surface area (TPSA) is 72.2 Å². The van der Waals surface area contributed by atoms with Gasteiger partial charge in [0.2, 0.25) is 5.91 Å². The Morgan fingerprint density at radius 1 is 1.09 bits per heavy atom. The summed E-state index contributed by atoms with van der Waals surface area (Å²) in [5.41, 5.74) is 2.60. The van der Waals surface area contributed by atoms with Crippen molar-refractivity contribution in [1.82, 2.24) is 24.6 Å². The number of rotatable bonds is 9. The molecule has 3 aromatic rings. The Balaban J connectivity index is 1.32. The number of hydrogen-bond donors (Lipinski definition) is 1. The van der Waals surface area contributed by atoms with E-state index in [0.29, 0.717) is 24.4 Å². The predicted molar refractivity (Wildman–Crippen MR) is 137 cm³/mol. The van der Waals surface area contributed by atoms with Gasteiger partial charge < -0.3 is 14.8 Å². The molecule has 0 aliphatic carbocycles. The molecule has 1 saturated heterocycles. The van der Waals surface area contributed by atoms with E-state index in [-0.39, 0.29) is 11.5 Å². The number of nitrogens with zero attached hydrogens (tertiary/aromatic N) is 4. The van der Waals surface area contributed by atoms with Crippen LogP contribution in [0.3, 0.4) is 0 Å². The largest absolute Gasteiger partial charge is 0.356 e. The van der Waals surface area contributed by atoms with E-state index in [0.717, 1.165) is 48.4 Å². The molecule has 1 amide bonds. The smallest absolute Gasteiger partial charge is 0.281 e. The van der Waals surface area contributed by atoms with E-state index in [1.54, 1.807) is 6.20 Å². The molecule has 1 fully saturated rings. The lowest BCUT2D eigenvalue weighted by Crippen LogP contribution is -2.39. The molecule has 1 aliphatic rings. The Hall–Kier alpha value is -2.93. The maximum Gasteiger partial charge on any atom is 0.281 e. The van der Waals surface area contributed by atoms with Gasteiger partial charge in [-0.3, -0.25) is 9.59 Å². The molecular weight excluding hydrogens is 426 g/mol. The van der Waals surface area contributed by atoms with E-state index in [2.05, 4.69) is 26.8 Å². The van der Waals surface area contributed by atoms with Gasteiger partial charge in [-0.15, -0.1) is 0 Å². The molecule has 0 unspecified atom stereocenters. The summed E-state index contributed by atoms with van der Waals surface area (Å²) in [6.07, 6.45) is 7.91. The van der Waals surface area contributed by atoms with Crippen molar-refractivity contribution in [1.29, 1.82) is 0 Å². The van der Waals surface area contributed by atoms with Crippen molar-refractivity contribution in [2.45, 2.75) is 71.9 Å². The van der Waals surface area contributed by atoms with Crippen molar-refractivity contribution in [2.24, 2.45) is 0 Å². The van der Waals surface area contributed by atoms with Crippen LogP contribution in [0.2, 0.25) is 0 Å². The number of hydrogen-bond acceptors (Lipinski definition) is 4. The molecular formula is C27H37N5O2. The summed E-state index contributed by atoms with van der Waals surface area (Å²) < 4.78 is 3.60. The number of para-hydroxylation sites is 1. The molecule has 1 aromatic carbocycles. The minimum Gasteiger partial charge on any atom is -0.356 e. The van der Waals surface area contributed by atoms with Crippen LogP contribution in [-0.4, -0.2) is 50.8 Å². The number of piperidine rings is 1. The fourth-order valence-electron chi connectivity index (χ4n) is 5.18. The van der Waals surface area contributed by atoms with E-state index in [1.165, 1.54) is 30.5 Å². The minimum absolute atomic E-state index is 0.104. The van der Waals surface area contributed by atoms with Gasteiger partial charge in [-0.05, 0) is 65.1 Å². The first-order valence-electron chi connectivity index (χ1n) is 12.6. The molecule has 1 N–H and O–H groups in total. The van der Waals surface area contributed by atoms with E-state index in [9.17, 15) is 9.59 Å². The van der Waals surface area contributed by atoms with Crippen LogP contribution in [-0.2, 0) is 11.3 Å². The number of carbonyl (C=O) groups excluding carboxylic acids is 1. The quantitative estimate of drug-likeness (QED) is 0.488. The molecule has 7 nitrogen and oxygen atoms in total. The lowest BCUT2D eigenvalue weighted by molar-refractivity contribution is -0.121. The Bertz CT molecular complexity index is 1180. The molecule has 7 heteroatoms. The van der Waals surface area contributed by atoms with Crippen molar-refractivity contribution >= 4 is 16.7 Å². The van der Waals surface area contributed by atoms with Crippen LogP contribution in [0.4, 0.5) is 0 Å². The van der Waals surface area contributed by atoms with Gasteiger partial charge >= 0.3 is 0 Å². The monoisotopic (exact) mass is 463 g/mol. The molecule has 3 heterocycles. The van der Waals surface area contributed by atoms with Gasteiger partial charge in [0.25, 0.3) is 5.56 Å². The van der Waals surface area contributed by atoms with Gasteiger partial charge in [-0.1, -0.05) is 24.6 Å². The SMILES string of the molecule is Cc1c2cnn(-c3ccccc3)c(=O)c2c(C)n1CCCC(=O)NCCCN1CCCC[C@@H]1C. The standard InChI is InChI=1S/C27H37N5O2/c1-20-11-7-8-16-30(20)17-10-15-28-25(33)14-9-18-31-21(2)24-19-29-32(23-12-5-4-6-13-23)27(34)26(24)22(31)3/h4-6,12-13,19-20H,7-11,14-18H2,1-3H3,(H,28,33)/t20-/m0/s1.